The predicted octanol–water partition coefficient (Wildman–Crippen LogP) is 3.99. The molecule has 0 saturated heterocycles. The maximum absolute atomic E-state index is 10.4. The Morgan fingerprint density at radius 3 is 2.75 bits per heavy atom. The van der Waals surface area contributed by atoms with E-state index >= 15 is 0 Å². The number of hydrogen-bond acceptors (Lipinski definition) is 4. The molecule has 0 aliphatic carbocycles. The predicted molar refractivity (Wildman–Crippen MR) is 114 cm³/mol. The number of fused-ring (bicyclic) bond motifs is 1. The van der Waals surface area contributed by atoms with Crippen LogP contribution in [-0.4, -0.2) is 40.8 Å². The van der Waals surface area contributed by atoms with E-state index in [4.69, 9.17) is 4.74 Å². The first kappa shape index (κ1) is 20.1. The highest BCUT2D eigenvalue weighted by Gasteiger charge is 2.18. The Labute approximate surface area is 167 Å². The Morgan fingerprint density at radius 1 is 1.25 bits per heavy atom. The summed E-state index contributed by atoms with van der Waals surface area (Å²) in [7, 11) is 0. The van der Waals surface area contributed by atoms with Gasteiger partial charge in [-0.15, -0.1) is 0 Å². The van der Waals surface area contributed by atoms with E-state index in [0.717, 1.165) is 30.8 Å². The van der Waals surface area contributed by atoms with Crippen molar-refractivity contribution in [2.45, 2.75) is 26.0 Å². The highest BCUT2D eigenvalue weighted by atomic mass is 16.5. The van der Waals surface area contributed by atoms with Gasteiger partial charge in [0.2, 0.25) is 0 Å². The number of allylic oxidation sites excluding steroid dienone is 4. The lowest BCUT2D eigenvalue weighted by molar-refractivity contribution is 0.0425. The van der Waals surface area contributed by atoms with E-state index in [1.54, 1.807) is 12.3 Å². The first-order chi connectivity index (χ1) is 13.7. The van der Waals surface area contributed by atoms with Crippen LogP contribution in [0.2, 0.25) is 0 Å². The number of β-amino-alcohol motifs (C(OH)–C–C–N with tert-alkyl or cyclic N) is 1. The highest BCUT2D eigenvalue weighted by molar-refractivity contribution is 5.72. The number of nitrogens with zero attached hydrogens (tertiary/aromatic N) is 2. The Hall–Kier alpha value is -2.69. The molecule has 0 amide bonds. The number of aromatic nitrogens is 1. The Kier molecular flexibility index (Phi) is 7.18. The van der Waals surface area contributed by atoms with Gasteiger partial charge in [0, 0.05) is 25.8 Å². The minimum Gasteiger partial charge on any atom is -0.491 e. The highest BCUT2D eigenvalue weighted by Crippen LogP contribution is 2.19. The molecule has 1 atom stereocenters. The standard InChI is InChI=1S/C24H28N2O2/c1-3-19(24-11-7-8-13-25-24)15-23(4-2)28-18-22(27)17-26-14-12-20-9-5-6-10-21(20)16-26/h3-11,13,15,22,27H,2,12,14,16-18H2,1H3/b19-3+,23-15+. The van der Waals surface area contributed by atoms with Gasteiger partial charge in [-0.05, 0) is 54.3 Å². The summed E-state index contributed by atoms with van der Waals surface area (Å²) in [5.41, 5.74) is 4.59. The Bertz CT molecular complexity index is 843. The average Bonchev–Trinajstić information content (AvgIpc) is 2.74. The molecule has 1 aromatic carbocycles. The summed E-state index contributed by atoms with van der Waals surface area (Å²) >= 11 is 0. The van der Waals surface area contributed by atoms with Crippen LogP contribution in [0.1, 0.15) is 23.7 Å². The molecule has 1 N–H and O–H groups in total. The number of ether oxygens (including phenoxy) is 1. The number of rotatable bonds is 8. The zero-order valence-corrected chi connectivity index (χ0v) is 16.4. The third kappa shape index (κ3) is 5.41. The van der Waals surface area contributed by atoms with Gasteiger partial charge in [0.15, 0.2) is 0 Å². The maximum Gasteiger partial charge on any atom is 0.119 e. The number of benzene rings is 1. The molecule has 146 valence electrons. The third-order valence-electron chi connectivity index (χ3n) is 4.89. The molecule has 3 rings (SSSR count). The molecule has 2 aromatic rings. The molecule has 1 aliphatic heterocycles. The van der Waals surface area contributed by atoms with Crippen LogP contribution in [0.15, 0.2) is 79.2 Å². The zero-order valence-electron chi connectivity index (χ0n) is 16.4. The first-order valence-electron chi connectivity index (χ1n) is 9.71. The fourth-order valence-electron chi connectivity index (χ4n) is 3.40. The lowest BCUT2D eigenvalue weighted by Gasteiger charge is -2.30. The molecule has 1 unspecified atom stereocenters. The van der Waals surface area contributed by atoms with Gasteiger partial charge in [0.25, 0.3) is 0 Å². The topological polar surface area (TPSA) is 45.6 Å². The summed E-state index contributed by atoms with van der Waals surface area (Å²) in [5, 5.41) is 10.4. The van der Waals surface area contributed by atoms with Crippen LogP contribution in [0.4, 0.5) is 0 Å². The normalized spacial score (nSPS) is 16.4. The van der Waals surface area contributed by atoms with Crippen molar-refractivity contribution in [3.05, 3.63) is 96.0 Å². The minimum atomic E-state index is -0.558. The second kappa shape index (κ2) is 10.0. The molecule has 28 heavy (non-hydrogen) atoms. The monoisotopic (exact) mass is 376 g/mol. The van der Waals surface area contributed by atoms with Crippen LogP contribution in [0, 0.1) is 0 Å². The van der Waals surface area contributed by atoms with Crippen molar-refractivity contribution in [3.8, 4) is 0 Å². The smallest absolute Gasteiger partial charge is 0.119 e. The lowest BCUT2D eigenvalue weighted by atomic mass is 10.00. The van der Waals surface area contributed by atoms with Crippen molar-refractivity contribution in [3.63, 3.8) is 0 Å². The van der Waals surface area contributed by atoms with E-state index in [1.165, 1.54) is 11.1 Å². The molecule has 0 spiro atoms. The summed E-state index contributed by atoms with van der Waals surface area (Å²) < 4.78 is 5.82. The fourth-order valence-corrected chi connectivity index (χ4v) is 3.40. The average molecular weight is 377 g/mol. The zero-order chi connectivity index (χ0) is 19.8. The molecule has 4 nitrogen and oxygen atoms in total. The van der Waals surface area contributed by atoms with E-state index in [1.807, 2.05) is 37.3 Å². The Morgan fingerprint density at radius 2 is 2.04 bits per heavy atom. The van der Waals surface area contributed by atoms with Crippen LogP contribution in [0.25, 0.3) is 5.57 Å². The quantitative estimate of drug-likeness (QED) is 0.559. The molecule has 0 radical (unpaired) electrons. The summed E-state index contributed by atoms with van der Waals surface area (Å²) in [5.74, 6) is 0.627. The molecular formula is C24H28N2O2. The first-order valence-corrected chi connectivity index (χ1v) is 9.71. The molecule has 0 fully saturated rings. The van der Waals surface area contributed by atoms with Gasteiger partial charge in [0.05, 0.1) is 5.69 Å². The number of pyridine rings is 1. The summed E-state index contributed by atoms with van der Waals surface area (Å²) in [6.45, 7) is 8.45. The van der Waals surface area contributed by atoms with Gasteiger partial charge >= 0.3 is 0 Å². The second-order valence-electron chi connectivity index (χ2n) is 6.93. The molecule has 0 bridgehead atoms. The lowest BCUT2D eigenvalue weighted by Crippen LogP contribution is -2.38. The van der Waals surface area contributed by atoms with Crippen molar-refractivity contribution in [2.75, 3.05) is 19.7 Å². The van der Waals surface area contributed by atoms with Crippen molar-refractivity contribution < 1.29 is 9.84 Å². The van der Waals surface area contributed by atoms with Gasteiger partial charge in [-0.3, -0.25) is 9.88 Å². The van der Waals surface area contributed by atoms with Crippen LogP contribution >= 0.6 is 0 Å². The van der Waals surface area contributed by atoms with Crippen LogP contribution < -0.4 is 0 Å². The van der Waals surface area contributed by atoms with E-state index in [0.29, 0.717) is 12.3 Å². The van der Waals surface area contributed by atoms with Crippen molar-refractivity contribution in [2.24, 2.45) is 0 Å². The second-order valence-corrected chi connectivity index (χ2v) is 6.93. The fraction of sp³-hybridized carbons (Fsp3) is 0.292. The summed E-state index contributed by atoms with van der Waals surface area (Å²) in [6.07, 6.45) is 7.78. The summed E-state index contributed by atoms with van der Waals surface area (Å²) in [4.78, 5) is 6.65. The van der Waals surface area contributed by atoms with Crippen molar-refractivity contribution in [1.82, 2.24) is 9.88 Å². The van der Waals surface area contributed by atoms with Gasteiger partial charge in [-0.25, -0.2) is 0 Å². The third-order valence-corrected chi connectivity index (χ3v) is 4.89. The van der Waals surface area contributed by atoms with Gasteiger partial charge < -0.3 is 9.84 Å². The molecule has 4 heteroatoms. The largest absolute Gasteiger partial charge is 0.491 e. The Balaban J connectivity index is 1.54. The van der Waals surface area contributed by atoms with Crippen molar-refractivity contribution >= 4 is 5.57 Å². The summed E-state index contributed by atoms with van der Waals surface area (Å²) in [6, 6.07) is 14.3. The molecule has 1 aliphatic rings. The van der Waals surface area contributed by atoms with Crippen LogP contribution in [0.5, 0.6) is 0 Å². The van der Waals surface area contributed by atoms with E-state index < -0.39 is 6.10 Å². The molecule has 0 saturated carbocycles. The minimum absolute atomic E-state index is 0.231. The van der Waals surface area contributed by atoms with E-state index in [2.05, 4.69) is 40.7 Å². The van der Waals surface area contributed by atoms with Crippen LogP contribution in [0.3, 0.4) is 0 Å². The van der Waals surface area contributed by atoms with Gasteiger partial charge in [0.1, 0.15) is 18.5 Å². The van der Waals surface area contributed by atoms with Crippen LogP contribution in [-0.2, 0) is 17.7 Å². The van der Waals surface area contributed by atoms with Crippen molar-refractivity contribution in [1.29, 1.82) is 0 Å². The van der Waals surface area contributed by atoms with E-state index in [-0.39, 0.29) is 6.61 Å². The SMILES string of the molecule is C=C/C(=C\C(=C/C)c1ccccn1)OCC(O)CN1CCc2ccccc2C1. The maximum atomic E-state index is 10.4. The van der Waals surface area contributed by atoms with Gasteiger partial charge in [-0.2, -0.15) is 0 Å². The number of aliphatic hydroxyl groups excluding tert-OH is 1. The van der Waals surface area contributed by atoms with Gasteiger partial charge in [-0.1, -0.05) is 43.0 Å². The number of aliphatic hydroxyl groups is 1. The molecule has 1 aromatic heterocycles. The number of hydrogen-bond donors (Lipinski definition) is 1. The molecule has 2 heterocycles. The van der Waals surface area contributed by atoms with E-state index in [9.17, 15) is 5.11 Å². The molecular weight excluding hydrogens is 348 g/mol.